The van der Waals surface area contributed by atoms with Gasteiger partial charge in [0.25, 0.3) is 0 Å². The minimum absolute atomic E-state index is 0.201. The zero-order valence-corrected chi connectivity index (χ0v) is 12.3. The molecule has 0 fully saturated rings. The van der Waals surface area contributed by atoms with E-state index in [1.807, 2.05) is 30.7 Å². The number of rotatable bonds is 4. The topological polar surface area (TPSA) is 62.5 Å². The number of para-hydroxylation sites is 1. The summed E-state index contributed by atoms with van der Waals surface area (Å²) in [4.78, 5) is 11.3. The normalized spacial score (nSPS) is 12.2. The smallest absolute Gasteiger partial charge is 0.309 e. The molecule has 0 aliphatic heterocycles. The first-order valence-corrected chi connectivity index (χ1v) is 6.79. The Labute approximate surface area is 118 Å². The van der Waals surface area contributed by atoms with Crippen LogP contribution in [0.5, 0.6) is 5.75 Å². The van der Waals surface area contributed by atoms with E-state index in [-0.39, 0.29) is 11.8 Å². The minimum atomic E-state index is -0.832. The lowest BCUT2D eigenvalue weighted by Gasteiger charge is -2.18. The third-order valence-corrected chi connectivity index (χ3v) is 3.68. The summed E-state index contributed by atoms with van der Waals surface area (Å²) in [6.45, 7) is 7.52. The Morgan fingerprint density at radius 2 is 2.00 bits per heavy atom. The van der Waals surface area contributed by atoms with Crippen LogP contribution in [-0.4, -0.2) is 20.7 Å². The summed E-state index contributed by atoms with van der Waals surface area (Å²) in [5.41, 5.74) is 0.900. The first kappa shape index (κ1) is 14.4. The average Bonchev–Trinajstić information content (AvgIpc) is 2.69. The summed E-state index contributed by atoms with van der Waals surface area (Å²) < 4.78 is 2.00. The van der Waals surface area contributed by atoms with Crippen molar-refractivity contribution in [2.45, 2.75) is 40.2 Å². The zero-order chi connectivity index (χ0) is 15.1. The lowest BCUT2D eigenvalue weighted by Crippen LogP contribution is -2.26. The van der Waals surface area contributed by atoms with Gasteiger partial charge in [-0.15, -0.1) is 0 Å². The highest BCUT2D eigenvalue weighted by molar-refractivity contribution is 5.89. The molecule has 4 heteroatoms. The maximum absolute atomic E-state index is 11.3. The van der Waals surface area contributed by atoms with Crippen molar-refractivity contribution in [1.29, 1.82) is 0 Å². The van der Waals surface area contributed by atoms with Gasteiger partial charge in [0, 0.05) is 17.6 Å². The summed E-state index contributed by atoms with van der Waals surface area (Å²) in [5, 5.41) is 20.3. The van der Waals surface area contributed by atoms with Gasteiger partial charge in [0.2, 0.25) is 0 Å². The van der Waals surface area contributed by atoms with Gasteiger partial charge in [-0.3, -0.25) is 4.79 Å². The second-order valence-corrected chi connectivity index (χ2v) is 6.19. The fraction of sp³-hybridized carbons (Fsp3) is 0.438. The lowest BCUT2D eigenvalue weighted by molar-refractivity contribution is -0.146. The fourth-order valence-electron chi connectivity index (χ4n) is 2.46. The number of carboxylic acid groups (broad SMARTS) is 1. The quantitative estimate of drug-likeness (QED) is 0.896. The minimum Gasteiger partial charge on any atom is -0.506 e. The predicted octanol–water partition coefficient (Wildman–Crippen LogP) is 3.58. The lowest BCUT2D eigenvalue weighted by atomic mass is 9.86. The maximum Gasteiger partial charge on any atom is 0.309 e. The van der Waals surface area contributed by atoms with Crippen LogP contribution < -0.4 is 0 Å². The van der Waals surface area contributed by atoms with E-state index in [0.717, 1.165) is 16.5 Å². The molecule has 4 nitrogen and oxygen atoms in total. The molecule has 0 amide bonds. The molecule has 0 bridgehead atoms. The Hall–Kier alpha value is -1.97. The number of aromatic nitrogens is 1. The van der Waals surface area contributed by atoms with Gasteiger partial charge in [0.1, 0.15) is 5.75 Å². The second kappa shape index (κ2) is 4.85. The third-order valence-electron chi connectivity index (χ3n) is 3.68. The van der Waals surface area contributed by atoms with Crippen LogP contribution in [-0.2, 0) is 11.2 Å². The Balaban J connectivity index is 2.61. The van der Waals surface area contributed by atoms with Crippen molar-refractivity contribution in [2.75, 3.05) is 0 Å². The number of carboxylic acids is 1. The molecule has 1 heterocycles. The highest BCUT2D eigenvalue weighted by atomic mass is 16.4. The van der Waals surface area contributed by atoms with Gasteiger partial charge in [-0.1, -0.05) is 12.1 Å². The number of hydrogen-bond donors (Lipinski definition) is 2. The number of hydrogen-bond acceptors (Lipinski definition) is 2. The molecular weight excluding hydrogens is 254 g/mol. The molecule has 2 N–H and O–H groups in total. The number of aromatic hydroxyl groups is 1. The molecule has 108 valence electrons. The zero-order valence-electron chi connectivity index (χ0n) is 12.3. The van der Waals surface area contributed by atoms with Gasteiger partial charge < -0.3 is 14.8 Å². The van der Waals surface area contributed by atoms with Crippen LogP contribution in [0, 0.1) is 5.41 Å². The van der Waals surface area contributed by atoms with Gasteiger partial charge in [-0.25, -0.2) is 0 Å². The highest BCUT2D eigenvalue weighted by Gasteiger charge is 2.29. The van der Waals surface area contributed by atoms with E-state index in [2.05, 4.69) is 0 Å². The van der Waals surface area contributed by atoms with E-state index < -0.39 is 11.4 Å². The van der Waals surface area contributed by atoms with Gasteiger partial charge in [-0.05, 0) is 45.7 Å². The van der Waals surface area contributed by atoms with E-state index in [4.69, 9.17) is 0 Å². The van der Waals surface area contributed by atoms with Crippen molar-refractivity contribution in [3.8, 4) is 5.75 Å². The van der Waals surface area contributed by atoms with E-state index in [1.54, 1.807) is 26.0 Å². The average molecular weight is 275 g/mol. The van der Waals surface area contributed by atoms with Crippen molar-refractivity contribution in [3.05, 3.63) is 30.0 Å². The van der Waals surface area contributed by atoms with Crippen molar-refractivity contribution in [3.63, 3.8) is 0 Å². The number of aliphatic carboxylic acids is 1. The van der Waals surface area contributed by atoms with Gasteiger partial charge in [-0.2, -0.15) is 0 Å². The second-order valence-electron chi connectivity index (χ2n) is 6.19. The number of carbonyl (C=O) groups is 1. The largest absolute Gasteiger partial charge is 0.506 e. The van der Waals surface area contributed by atoms with E-state index in [9.17, 15) is 15.0 Å². The third kappa shape index (κ3) is 2.38. The van der Waals surface area contributed by atoms with Crippen LogP contribution in [0.2, 0.25) is 0 Å². The predicted molar refractivity (Wildman–Crippen MR) is 79.1 cm³/mol. The van der Waals surface area contributed by atoms with E-state index in [1.165, 1.54) is 0 Å². The molecule has 0 atom stereocenters. The van der Waals surface area contributed by atoms with E-state index in [0.29, 0.717) is 6.42 Å². The van der Waals surface area contributed by atoms with Crippen LogP contribution in [0.4, 0.5) is 0 Å². The molecular formula is C16H21NO3. The number of phenols is 1. The van der Waals surface area contributed by atoms with Crippen LogP contribution in [0.15, 0.2) is 24.4 Å². The van der Waals surface area contributed by atoms with E-state index >= 15 is 0 Å². The Morgan fingerprint density at radius 3 is 2.55 bits per heavy atom. The van der Waals surface area contributed by atoms with Crippen molar-refractivity contribution < 1.29 is 15.0 Å². The summed E-state index contributed by atoms with van der Waals surface area (Å²) in [7, 11) is 0. The Bertz CT molecular complexity index is 653. The summed E-state index contributed by atoms with van der Waals surface area (Å²) in [6.07, 6.45) is 2.39. The number of fused-ring (bicyclic) bond motifs is 1. The summed E-state index contributed by atoms with van der Waals surface area (Å²) in [5.74, 6) is -0.585. The fourth-order valence-corrected chi connectivity index (χ4v) is 2.46. The molecule has 0 aliphatic carbocycles. The highest BCUT2D eigenvalue weighted by Crippen LogP contribution is 2.34. The summed E-state index contributed by atoms with van der Waals surface area (Å²) in [6, 6.07) is 5.58. The number of benzene rings is 1. The SMILES string of the molecule is CC(C)n1cc(CC(C)(C)C(=O)O)c2cccc(O)c21. The first-order valence-electron chi connectivity index (χ1n) is 6.79. The van der Waals surface area contributed by atoms with Gasteiger partial charge in [0.05, 0.1) is 10.9 Å². The van der Waals surface area contributed by atoms with Crippen molar-refractivity contribution in [2.24, 2.45) is 5.41 Å². The van der Waals surface area contributed by atoms with Crippen molar-refractivity contribution >= 4 is 16.9 Å². The molecule has 0 spiro atoms. The molecule has 0 saturated carbocycles. The van der Waals surface area contributed by atoms with Crippen LogP contribution >= 0.6 is 0 Å². The molecule has 0 unspecified atom stereocenters. The molecule has 1 aromatic heterocycles. The molecule has 0 aliphatic rings. The maximum atomic E-state index is 11.3. The standard InChI is InChI=1S/C16H21NO3/c1-10(2)17-9-11(8-16(3,4)15(19)20)12-6-5-7-13(18)14(12)17/h5-7,9-10,18H,8H2,1-4H3,(H,19,20). The summed E-state index contributed by atoms with van der Waals surface area (Å²) >= 11 is 0. The molecule has 20 heavy (non-hydrogen) atoms. The van der Waals surface area contributed by atoms with Crippen LogP contribution in [0.1, 0.15) is 39.3 Å². The molecule has 0 radical (unpaired) electrons. The Morgan fingerprint density at radius 1 is 1.35 bits per heavy atom. The van der Waals surface area contributed by atoms with Gasteiger partial charge >= 0.3 is 5.97 Å². The molecule has 1 aromatic carbocycles. The Kier molecular flexibility index (Phi) is 3.50. The molecule has 2 rings (SSSR count). The first-order chi connectivity index (χ1) is 9.24. The number of phenolic OH excluding ortho intramolecular Hbond substituents is 1. The monoisotopic (exact) mass is 275 g/mol. The van der Waals surface area contributed by atoms with Crippen molar-refractivity contribution in [1.82, 2.24) is 4.57 Å². The van der Waals surface area contributed by atoms with Gasteiger partial charge in [0.15, 0.2) is 0 Å². The molecule has 0 saturated heterocycles. The van der Waals surface area contributed by atoms with Crippen LogP contribution in [0.3, 0.4) is 0 Å². The van der Waals surface area contributed by atoms with Crippen LogP contribution in [0.25, 0.3) is 10.9 Å². The molecule has 2 aromatic rings. The number of nitrogens with zero attached hydrogens (tertiary/aromatic N) is 1.